The van der Waals surface area contributed by atoms with Crippen molar-refractivity contribution in [1.29, 1.82) is 0 Å². The molecule has 1 aliphatic rings. The van der Waals surface area contributed by atoms with Crippen LogP contribution in [0.15, 0.2) is 36.7 Å². The average Bonchev–Trinajstić information content (AvgIpc) is 3.13. The Bertz CT molecular complexity index is 634. The van der Waals surface area contributed by atoms with Crippen LogP contribution < -0.4 is 5.32 Å². The fourth-order valence-corrected chi connectivity index (χ4v) is 2.93. The summed E-state index contributed by atoms with van der Waals surface area (Å²) in [5.41, 5.74) is 1.97. The molecule has 1 fully saturated rings. The summed E-state index contributed by atoms with van der Waals surface area (Å²) < 4.78 is 1.86. The topological polar surface area (TPSA) is 33.1 Å². The Labute approximate surface area is 134 Å². The number of thiocarbonyl (C=S) groups is 1. The summed E-state index contributed by atoms with van der Waals surface area (Å²) in [6.07, 6.45) is 6.17. The molecule has 110 valence electrons. The lowest BCUT2D eigenvalue weighted by Crippen LogP contribution is -2.31. The fourth-order valence-electron chi connectivity index (χ4n) is 2.44. The van der Waals surface area contributed by atoms with Gasteiger partial charge in [-0.1, -0.05) is 29.8 Å². The highest BCUT2D eigenvalue weighted by Gasteiger charge is 2.15. The monoisotopic (exact) mass is 320 g/mol. The Morgan fingerprint density at radius 3 is 2.81 bits per heavy atom. The first-order chi connectivity index (χ1) is 10.2. The van der Waals surface area contributed by atoms with E-state index in [0.29, 0.717) is 6.54 Å². The van der Waals surface area contributed by atoms with Crippen molar-refractivity contribution in [2.75, 3.05) is 18.4 Å². The Hall–Kier alpha value is -1.59. The smallest absolute Gasteiger partial charge is 0.173 e. The van der Waals surface area contributed by atoms with Crippen molar-refractivity contribution in [3.63, 3.8) is 0 Å². The molecular formula is C15H17ClN4S. The van der Waals surface area contributed by atoms with Gasteiger partial charge in [0.05, 0.1) is 18.4 Å². The maximum absolute atomic E-state index is 6.17. The molecule has 2 heterocycles. The lowest BCUT2D eigenvalue weighted by Gasteiger charge is -2.18. The van der Waals surface area contributed by atoms with Crippen LogP contribution in [0.4, 0.5) is 5.69 Å². The van der Waals surface area contributed by atoms with E-state index >= 15 is 0 Å². The van der Waals surface area contributed by atoms with E-state index in [1.54, 1.807) is 6.20 Å². The van der Waals surface area contributed by atoms with Gasteiger partial charge in [-0.3, -0.25) is 4.68 Å². The molecule has 1 saturated heterocycles. The molecule has 6 heteroatoms. The average molecular weight is 321 g/mol. The molecule has 21 heavy (non-hydrogen) atoms. The quantitative estimate of drug-likeness (QED) is 0.879. The Balaban J connectivity index is 1.63. The first-order valence-electron chi connectivity index (χ1n) is 7.04. The van der Waals surface area contributed by atoms with Gasteiger partial charge in [0.15, 0.2) is 5.11 Å². The van der Waals surface area contributed by atoms with Crippen LogP contribution in [0.25, 0.3) is 0 Å². The molecule has 0 atom stereocenters. The van der Waals surface area contributed by atoms with Crippen LogP contribution >= 0.6 is 23.8 Å². The van der Waals surface area contributed by atoms with E-state index in [4.69, 9.17) is 23.8 Å². The number of likely N-dealkylation sites (tertiary alicyclic amines) is 1. The number of nitrogens with one attached hydrogen (secondary N) is 1. The van der Waals surface area contributed by atoms with Crippen LogP contribution in [-0.2, 0) is 6.54 Å². The van der Waals surface area contributed by atoms with Gasteiger partial charge in [0.1, 0.15) is 0 Å². The van der Waals surface area contributed by atoms with E-state index in [0.717, 1.165) is 34.5 Å². The minimum atomic E-state index is 0.651. The van der Waals surface area contributed by atoms with Gasteiger partial charge in [-0.15, -0.1) is 0 Å². The highest BCUT2D eigenvalue weighted by molar-refractivity contribution is 7.80. The van der Waals surface area contributed by atoms with Gasteiger partial charge in [0.2, 0.25) is 0 Å². The maximum atomic E-state index is 6.17. The molecule has 0 unspecified atom stereocenters. The van der Waals surface area contributed by atoms with E-state index in [2.05, 4.69) is 15.3 Å². The zero-order valence-electron chi connectivity index (χ0n) is 11.6. The van der Waals surface area contributed by atoms with E-state index in [1.807, 2.05) is 35.1 Å². The highest BCUT2D eigenvalue weighted by Crippen LogP contribution is 2.17. The first-order valence-corrected chi connectivity index (χ1v) is 7.83. The number of rotatable bonds is 3. The number of hydrogen-bond donors (Lipinski definition) is 1. The molecule has 3 rings (SSSR count). The van der Waals surface area contributed by atoms with Crippen LogP contribution in [0, 0.1) is 0 Å². The maximum Gasteiger partial charge on any atom is 0.173 e. The van der Waals surface area contributed by atoms with E-state index in [1.165, 1.54) is 12.8 Å². The fraction of sp³-hybridized carbons (Fsp3) is 0.333. The van der Waals surface area contributed by atoms with Gasteiger partial charge < -0.3 is 10.2 Å². The van der Waals surface area contributed by atoms with Crippen LogP contribution in [0.2, 0.25) is 5.02 Å². The van der Waals surface area contributed by atoms with Crippen LogP contribution in [0.3, 0.4) is 0 Å². The zero-order chi connectivity index (χ0) is 14.7. The molecule has 1 aromatic carbocycles. The predicted molar refractivity (Wildman–Crippen MR) is 89.8 cm³/mol. The Morgan fingerprint density at radius 1 is 1.29 bits per heavy atom. The Kier molecular flexibility index (Phi) is 4.41. The molecule has 0 amide bonds. The second-order valence-electron chi connectivity index (χ2n) is 5.14. The molecule has 1 N–H and O–H groups in total. The number of hydrogen-bond acceptors (Lipinski definition) is 2. The number of anilines is 1. The number of benzene rings is 1. The van der Waals surface area contributed by atoms with Crippen molar-refractivity contribution in [1.82, 2.24) is 14.7 Å². The molecule has 1 aliphatic heterocycles. The summed E-state index contributed by atoms with van der Waals surface area (Å²) in [4.78, 5) is 2.20. The van der Waals surface area contributed by atoms with Crippen LogP contribution in [-0.4, -0.2) is 32.9 Å². The SMILES string of the molecule is S=C(Nc1cnn(Cc2ccccc2Cl)c1)N1CCCC1. The molecule has 0 saturated carbocycles. The van der Waals surface area contributed by atoms with Crippen molar-refractivity contribution in [2.24, 2.45) is 0 Å². The van der Waals surface area contributed by atoms with Gasteiger partial charge in [-0.05, 0) is 36.7 Å². The summed E-state index contributed by atoms with van der Waals surface area (Å²) in [7, 11) is 0. The molecule has 0 spiro atoms. The third-order valence-corrected chi connectivity index (χ3v) is 4.30. The summed E-state index contributed by atoms with van der Waals surface area (Å²) in [6.45, 7) is 2.73. The molecule has 4 nitrogen and oxygen atoms in total. The van der Waals surface area contributed by atoms with Gasteiger partial charge in [0.25, 0.3) is 0 Å². The van der Waals surface area contributed by atoms with Crippen molar-refractivity contribution in [3.8, 4) is 0 Å². The normalized spacial score (nSPS) is 14.4. The first kappa shape index (κ1) is 14.4. The minimum absolute atomic E-state index is 0.651. The summed E-state index contributed by atoms with van der Waals surface area (Å²) >= 11 is 11.6. The minimum Gasteiger partial charge on any atom is -0.349 e. The van der Waals surface area contributed by atoms with E-state index < -0.39 is 0 Å². The van der Waals surface area contributed by atoms with Crippen molar-refractivity contribution >= 4 is 34.6 Å². The lowest BCUT2D eigenvalue weighted by atomic mass is 10.2. The molecule has 2 aromatic rings. The van der Waals surface area contributed by atoms with Gasteiger partial charge in [-0.2, -0.15) is 5.10 Å². The second kappa shape index (κ2) is 6.45. The molecule has 0 bridgehead atoms. The van der Waals surface area contributed by atoms with Crippen LogP contribution in [0.5, 0.6) is 0 Å². The molecule has 1 aromatic heterocycles. The van der Waals surface area contributed by atoms with Gasteiger partial charge in [-0.25, -0.2) is 0 Å². The predicted octanol–water partition coefficient (Wildman–Crippen LogP) is 3.38. The molecule has 0 aliphatic carbocycles. The van der Waals surface area contributed by atoms with Crippen LogP contribution in [0.1, 0.15) is 18.4 Å². The third-order valence-electron chi connectivity index (χ3n) is 3.57. The summed E-state index contributed by atoms with van der Waals surface area (Å²) in [5.74, 6) is 0. The summed E-state index contributed by atoms with van der Waals surface area (Å²) in [6, 6.07) is 7.80. The van der Waals surface area contributed by atoms with Crippen molar-refractivity contribution in [3.05, 3.63) is 47.2 Å². The number of nitrogens with zero attached hydrogens (tertiary/aromatic N) is 3. The zero-order valence-corrected chi connectivity index (χ0v) is 13.2. The second-order valence-corrected chi connectivity index (χ2v) is 5.94. The molecule has 0 radical (unpaired) electrons. The van der Waals surface area contributed by atoms with E-state index in [9.17, 15) is 0 Å². The van der Waals surface area contributed by atoms with Gasteiger partial charge >= 0.3 is 0 Å². The third kappa shape index (κ3) is 3.54. The standard InChI is InChI=1S/C15H17ClN4S/c16-14-6-2-1-5-12(14)10-20-11-13(9-17-20)18-15(21)19-7-3-4-8-19/h1-2,5-6,9,11H,3-4,7-8,10H2,(H,18,21). The lowest BCUT2D eigenvalue weighted by molar-refractivity contribution is 0.528. The van der Waals surface area contributed by atoms with Gasteiger partial charge in [0, 0.05) is 24.3 Å². The Morgan fingerprint density at radius 2 is 2.05 bits per heavy atom. The number of halogens is 1. The van der Waals surface area contributed by atoms with E-state index in [-0.39, 0.29) is 0 Å². The largest absolute Gasteiger partial charge is 0.349 e. The van der Waals surface area contributed by atoms with Crippen molar-refractivity contribution < 1.29 is 0 Å². The summed E-state index contributed by atoms with van der Waals surface area (Å²) in [5, 5.41) is 9.14. The highest BCUT2D eigenvalue weighted by atomic mass is 35.5. The molecular weight excluding hydrogens is 304 g/mol. The van der Waals surface area contributed by atoms with Crippen molar-refractivity contribution in [2.45, 2.75) is 19.4 Å². The number of aromatic nitrogens is 2.